The van der Waals surface area contributed by atoms with Crippen LogP contribution in [0.25, 0.3) is 0 Å². The molecule has 0 spiro atoms. The Bertz CT molecular complexity index is 191. The van der Waals surface area contributed by atoms with E-state index in [-0.39, 0.29) is 11.5 Å². The lowest BCUT2D eigenvalue weighted by molar-refractivity contribution is 0.102. The molecule has 0 bridgehead atoms. The molecule has 2 nitrogen and oxygen atoms in total. The molecule has 0 radical (unpaired) electrons. The quantitative estimate of drug-likeness (QED) is 0.499. The van der Waals surface area contributed by atoms with Gasteiger partial charge in [0.15, 0.2) is 5.78 Å². The van der Waals surface area contributed by atoms with Gasteiger partial charge in [-0.05, 0) is 6.07 Å². The molecule has 3 heteroatoms. The Morgan fingerprint density at radius 2 is 2.56 bits per heavy atom. The zero-order chi connectivity index (χ0) is 6.69. The van der Waals surface area contributed by atoms with Crippen LogP contribution < -0.4 is 0 Å². The lowest BCUT2D eigenvalue weighted by atomic mass is 10.2. The van der Waals surface area contributed by atoms with Crippen LogP contribution in [0.4, 0.5) is 0 Å². The first-order valence-corrected chi connectivity index (χ1v) is 3.14. The number of carbonyl (C=O) groups is 1. The Hall–Kier alpha value is -0.700. The van der Waals surface area contributed by atoms with Gasteiger partial charge in [-0.3, -0.25) is 4.79 Å². The molecule has 0 N–H and O–H groups in total. The van der Waals surface area contributed by atoms with Gasteiger partial charge in [0.05, 0.1) is 17.6 Å². The van der Waals surface area contributed by atoms with E-state index in [4.69, 9.17) is 0 Å². The number of thiol groups is 1. The number of carbonyl (C=O) groups excluding carboxylic acids is 1. The Balaban J connectivity index is 2.77. The molecule has 0 saturated heterocycles. The monoisotopic (exact) mass is 142 g/mol. The molecular weight excluding hydrogens is 136 g/mol. The van der Waals surface area contributed by atoms with E-state index in [1.807, 2.05) is 0 Å². The number of furan rings is 1. The van der Waals surface area contributed by atoms with Gasteiger partial charge in [0.2, 0.25) is 0 Å². The normalized spacial score (nSPS) is 9.44. The van der Waals surface area contributed by atoms with Gasteiger partial charge in [-0.1, -0.05) is 0 Å². The van der Waals surface area contributed by atoms with E-state index < -0.39 is 0 Å². The smallest absolute Gasteiger partial charge is 0.175 e. The zero-order valence-corrected chi connectivity index (χ0v) is 5.60. The topological polar surface area (TPSA) is 30.2 Å². The van der Waals surface area contributed by atoms with Crippen LogP contribution in [0.15, 0.2) is 23.0 Å². The maximum atomic E-state index is 10.7. The molecule has 1 aromatic rings. The van der Waals surface area contributed by atoms with Gasteiger partial charge < -0.3 is 4.42 Å². The second-order valence-corrected chi connectivity index (χ2v) is 1.91. The summed E-state index contributed by atoms with van der Waals surface area (Å²) in [6.45, 7) is 0. The highest BCUT2D eigenvalue weighted by Gasteiger charge is 2.02. The third kappa shape index (κ3) is 1.36. The number of Topliss-reactive ketones (excluding diaryl/α,β-unsaturated/α-hetero) is 1. The summed E-state index contributed by atoms with van der Waals surface area (Å²) in [5.41, 5.74) is 0.588. The van der Waals surface area contributed by atoms with Gasteiger partial charge in [0, 0.05) is 0 Å². The summed E-state index contributed by atoms with van der Waals surface area (Å²) in [6.07, 6.45) is 2.88. The predicted octanol–water partition coefficient (Wildman–Crippen LogP) is 1.39. The van der Waals surface area contributed by atoms with Crippen LogP contribution >= 0.6 is 12.6 Å². The maximum absolute atomic E-state index is 10.7. The fourth-order valence-electron chi connectivity index (χ4n) is 0.514. The molecule has 0 aromatic carbocycles. The van der Waals surface area contributed by atoms with Gasteiger partial charge in [0.25, 0.3) is 0 Å². The van der Waals surface area contributed by atoms with E-state index in [9.17, 15) is 4.79 Å². The van der Waals surface area contributed by atoms with Gasteiger partial charge in [-0.2, -0.15) is 12.6 Å². The molecule has 0 saturated carbocycles. The lowest BCUT2D eigenvalue weighted by Gasteiger charge is -1.84. The molecule has 0 amide bonds. The van der Waals surface area contributed by atoms with E-state index in [1.165, 1.54) is 12.5 Å². The molecule has 48 valence electrons. The predicted molar refractivity (Wildman–Crippen MR) is 36.9 cm³/mol. The average molecular weight is 142 g/mol. The summed E-state index contributed by atoms with van der Waals surface area (Å²) in [4.78, 5) is 10.7. The van der Waals surface area contributed by atoms with E-state index >= 15 is 0 Å². The Morgan fingerprint density at radius 3 is 3.00 bits per heavy atom. The van der Waals surface area contributed by atoms with Gasteiger partial charge in [-0.15, -0.1) is 0 Å². The van der Waals surface area contributed by atoms with E-state index in [0.29, 0.717) is 5.56 Å². The van der Waals surface area contributed by atoms with Crippen molar-refractivity contribution < 1.29 is 9.21 Å². The van der Waals surface area contributed by atoms with Crippen LogP contribution in [0.1, 0.15) is 10.4 Å². The number of rotatable bonds is 2. The zero-order valence-electron chi connectivity index (χ0n) is 4.70. The van der Waals surface area contributed by atoms with Crippen LogP contribution in [0.5, 0.6) is 0 Å². The third-order valence-electron chi connectivity index (χ3n) is 0.987. The van der Waals surface area contributed by atoms with E-state index in [1.54, 1.807) is 6.07 Å². The molecular formula is C6H6O2S. The van der Waals surface area contributed by atoms with Gasteiger partial charge in [-0.25, -0.2) is 0 Å². The summed E-state index contributed by atoms with van der Waals surface area (Å²) in [5, 5.41) is 0. The Kier molecular flexibility index (Phi) is 1.95. The van der Waals surface area contributed by atoms with Gasteiger partial charge in [0.1, 0.15) is 6.26 Å². The second kappa shape index (κ2) is 2.73. The first-order valence-electron chi connectivity index (χ1n) is 2.51. The minimum absolute atomic E-state index is 0.00733. The molecule has 1 rings (SSSR count). The van der Waals surface area contributed by atoms with Crippen molar-refractivity contribution in [1.29, 1.82) is 0 Å². The minimum atomic E-state index is -0.00733. The molecule has 0 aliphatic rings. The van der Waals surface area contributed by atoms with Crippen molar-refractivity contribution in [3.63, 3.8) is 0 Å². The highest BCUT2D eigenvalue weighted by molar-refractivity contribution is 7.81. The minimum Gasteiger partial charge on any atom is -0.472 e. The number of ketones is 1. The van der Waals surface area contributed by atoms with E-state index in [0.717, 1.165) is 0 Å². The first kappa shape index (κ1) is 6.42. The molecule has 1 aromatic heterocycles. The lowest BCUT2D eigenvalue weighted by Crippen LogP contribution is -1.96. The van der Waals surface area contributed by atoms with Crippen molar-refractivity contribution >= 4 is 18.4 Å². The van der Waals surface area contributed by atoms with Crippen molar-refractivity contribution in [3.05, 3.63) is 24.2 Å². The fraction of sp³-hybridized carbons (Fsp3) is 0.167. The van der Waals surface area contributed by atoms with Crippen LogP contribution in [0, 0.1) is 0 Å². The van der Waals surface area contributed by atoms with Crippen molar-refractivity contribution in [2.24, 2.45) is 0 Å². The SMILES string of the molecule is O=C(CS)c1ccoc1. The van der Waals surface area contributed by atoms with Crippen molar-refractivity contribution in [1.82, 2.24) is 0 Å². The van der Waals surface area contributed by atoms with Crippen LogP contribution in [0.2, 0.25) is 0 Å². The highest BCUT2D eigenvalue weighted by Crippen LogP contribution is 2.01. The van der Waals surface area contributed by atoms with Crippen LogP contribution in [0.3, 0.4) is 0 Å². The van der Waals surface area contributed by atoms with E-state index in [2.05, 4.69) is 17.0 Å². The second-order valence-electron chi connectivity index (χ2n) is 1.59. The van der Waals surface area contributed by atoms with Gasteiger partial charge >= 0.3 is 0 Å². The summed E-state index contributed by atoms with van der Waals surface area (Å²) in [5.74, 6) is 0.228. The number of hydrogen-bond acceptors (Lipinski definition) is 3. The molecule has 9 heavy (non-hydrogen) atoms. The Labute approximate surface area is 58.3 Å². The average Bonchev–Trinajstić information content (AvgIpc) is 2.37. The summed E-state index contributed by atoms with van der Waals surface area (Å²) >= 11 is 3.81. The number of hydrogen-bond donors (Lipinski definition) is 1. The molecule has 0 atom stereocenters. The summed E-state index contributed by atoms with van der Waals surface area (Å²) in [6, 6.07) is 1.62. The molecule has 0 fully saturated rings. The molecule has 0 unspecified atom stereocenters. The summed E-state index contributed by atoms with van der Waals surface area (Å²) in [7, 11) is 0. The largest absolute Gasteiger partial charge is 0.472 e. The van der Waals surface area contributed by atoms with Crippen molar-refractivity contribution in [3.8, 4) is 0 Å². The van der Waals surface area contributed by atoms with Crippen LogP contribution in [-0.2, 0) is 0 Å². The fourth-order valence-corrected chi connectivity index (χ4v) is 0.697. The standard InChI is InChI=1S/C6H6O2S/c7-6(4-9)5-1-2-8-3-5/h1-3,9H,4H2. The highest BCUT2D eigenvalue weighted by atomic mass is 32.1. The van der Waals surface area contributed by atoms with Crippen molar-refractivity contribution in [2.75, 3.05) is 5.75 Å². The molecule has 0 aliphatic heterocycles. The van der Waals surface area contributed by atoms with Crippen molar-refractivity contribution in [2.45, 2.75) is 0 Å². The van der Waals surface area contributed by atoms with Crippen LogP contribution in [-0.4, -0.2) is 11.5 Å². The summed E-state index contributed by atoms with van der Waals surface area (Å²) < 4.78 is 4.68. The Morgan fingerprint density at radius 1 is 1.78 bits per heavy atom. The maximum Gasteiger partial charge on any atom is 0.175 e. The first-order chi connectivity index (χ1) is 4.34. The third-order valence-corrected chi connectivity index (χ3v) is 1.27. The molecule has 0 aliphatic carbocycles. The molecule has 1 heterocycles.